The molecular formula is C17H16F2N4O3S. The molecule has 3 rings (SSSR count). The molecule has 0 spiro atoms. The van der Waals surface area contributed by atoms with Gasteiger partial charge in [0, 0.05) is 12.1 Å². The van der Waals surface area contributed by atoms with E-state index in [0.29, 0.717) is 12.1 Å². The topological polar surface area (TPSA) is 93.1 Å². The van der Waals surface area contributed by atoms with Crippen molar-refractivity contribution in [3.8, 4) is 0 Å². The molecule has 0 aliphatic carbocycles. The third-order valence-corrected chi connectivity index (χ3v) is 5.30. The lowest BCUT2D eigenvalue weighted by Gasteiger charge is -2.10. The van der Waals surface area contributed by atoms with Gasteiger partial charge in [0.1, 0.15) is 17.5 Å². The van der Waals surface area contributed by atoms with Crippen LogP contribution >= 0.6 is 0 Å². The normalized spacial score (nSPS) is 11.7. The summed E-state index contributed by atoms with van der Waals surface area (Å²) in [5.74, 6) is -2.54. The quantitative estimate of drug-likeness (QED) is 0.650. The zero-order valence-electron chi connectivity index (χ0n) is 14.5. The number of rotatable bonds is 5. The number of nitrogens with zero attached hydrogens (tertiary/aromatic N) is 2. The van der Waals surface area contributed by atoms with Gasteiger partial charge in [0.05, 0.1) is 11.0 Å². The summed E-state index contributed by atoms with van der Waals surface area (Å²) in [5, 5.41) is 0. The standard InChI is InChI=1S/C17H16F2N4O3S/c1-3-23-10(2)20-14-9-11(7-8-15(14)23)17(24)21-22-27(25,26)16-12(18)5-4-6-13(16)19/h4-9,22H,3H2,1-2H3,(H,21,24). The van der Waals surface area contributed by atoms with E-state index in [1.54, 1.807) is 10.9 Å². The molecule has 1 amide bonds. The number of aromatic nitrogens is 2. The zero-order chi connectivity index (χ0) is 19.8. The number of carbonyl (C=O) groups is 1. The monoisotopic (exact) mass is 394 g/mol. The van der Waals surface area contributed by atoms with Crippen molar-refractivity contribution in [2.24, 2.45) is 0 Å². The molecular weight excluding hydrogens is 378 g/mol. The van der Waals surface area contributed by atoms with Crippen molar-refractivity contribution in [3.63, 3.8) is 0 Å². The van der Waals surface area contributed by atoms with Gasteiger partial charge in [-0.1, -0.05) is 6.07 Å². The van der Waals surface area contributed by atoms with Crippen molar-refractivity contribution < 1.29 is 22.0 Å². The largest absolute Gasteiger partial charge is 0.329 e. The first-order valence-electron chi connectivity index (χ1n) is 7.97. The molecule has 27 heavy (non-hydrogen) atoms. The van der Waals surface area contributed by atoms with Gasteiger partial charge in [-0.15, -0.1) is 4.83 Å². The highest BCUT2D eigenvalue weighted by molar-refractivity contribution is 7.89. The molecule has 0 fully saturated rings. The third-order valence-electron chi connectivity index (χ3n) is 4.00. The summed E-state index contributed by atoms with van der Waals surface area (Å²) >= 11 is 0. The summed E-state index contributed by atoms with van der Waals surface area (Å²) in [5.41, 5.74) is 3.49. The SMILES string of the molecule is CCn1c(C)nc2cc(C(=O)NNS(=O)(=O)c3c(F)cccc3F)ccc21. The minimum Gasteiger partial charge on any atom is -0.329 e. The lowest BCUT2D eigenvalue weighted by molar-refractivity contribution is 0.0945. The predicted molar refractivity (Wildman–Crippen MR) is 94.3 cm³/mol. The van der Waals surface area contributed by atoms with E-state index in [-0.39, 0.29) is 5.56 Å². The summed E-state index contributed by atoms with van der Waals surface area (Å²) in [6.45, 7) is 4.51. The lowest BCUT2D eigenvalue weighted by Crippen LogP contribution is -2.42. The second-order valence-corrected chi connectivity index (χ2v) is 7.34. The van der Waals surface area contributed by atoms with Crippen LogP contribution in [0.25, 0.3) is 11.0 Å². The molecule has 10 heteroatoms. The Hall–Kier alpha value is -2.85. The van der Waals surface area contributed by atoms with E-state index in [0.717, 1.165) is 29.5 Å². The van der Waals surface area contributed by atoms with Gasteiger partial charge in [-0.3, -0.25) is 10.2 Å². The average molecular weight is 394 g/mol. The molecule has 0 unspecified atom stereocenters. The number of carbonyl (C=O) groups excluding carboxylic acids is 1. The Bertz CT molecular complexity index is 1120. The minimum absolute atomic E-state index is 0.139. The molecule has 0 bridgehead atoms. The van der Waals surface area contributed by atoms with Crippen molar-refractivity contribution in [3.05, 3.63) is 59.4 Å². The fourth-order valence-corrected chi connectivity index (χ4v) is 3.75. The van der Waals surface area contributed by atoms with E-state index in [1.165, 1.54) is 12.1 Å². The van der Waals surface area contributed by atoms with Gasteiger partial charge in [0.2, 0.25) is 0 Å². The first kappa shape index (κ1) is 18.9. The van der Waals surface area contributed by atoms with Crippen LogP contribution in [0.5, 0.6) is 0 Å². The summed E-state index contributed by atoms with van der Waals surface area (Å²) in [6, 6.07) is 7.35. The molecule has 2 N–H and O–H groups in total. The molecule has 3 aromatic rings. The van der Waals surface area contributed by atoms with Gasteiger partial charge in [0.25, 0.3) is 15.9 Å². The van der Waals surface area contributed by atoms with Crippen molar-refractivity contribution in [2.75, 3.05) is 0 Å². The van der Waals surface area contributed by atoms with E-state index in [2.05, 4.69) is 4.98 Å². The van der Waals surface area contributed by atoms with Crippen molar-refractivity contribution in [2.45, 2.75) is 25.3 Å². The summed E-state index contributed by atoms with van der Waals surface area (Å²) in [7, 11) is -4.63. The second-order valence-electron chi connectivity index (χ2n) is 5.72. The summed E-state index contributed by atoms with van der Waals surface area (Å²) < 4.78 is 53.5. The number of fused-ring (bicyclic) bond motifs is 1. The fraction of sp³-hybridized carbons (Fsp3) is 0.176. The second kappa shape index (κ2) is 7.05. The van der Waals surface area contributed by atoms with Crippen LogP contribution in [-0.4, -0.2) is 23.9 Å². The molecule has 0 atom stereocenters. The van der Waals surface area contributed by atoms with E-state index in [4.69, 9.17) is 0 Å². The van der Waals surface area contributed by atoms with Gasteiger partial charge in [0.15, 0.2) is 4.90 Å². The zero-order valence-corrected chi connectivity index (χ0v) is 15.3. The Labute approximate surface area is 154 Å². The number of halogens is 2. The van der Waals surface area contributed by atoms with Crippen LogP contribution in [-0.2, 0) is 16.6 Å². The van der Waals surface area contributed by atoms with E-state index in [1.807, 2.05) is 23.8 Å². The molecule has 1 aromatic heterocycles. The smallest absolute Gasteiger partial charge is 0.266 e. The number of hydrazine groups is 1. The number of sulfonamides is 1. The van der Waals surface area contributed by atoms with Gasteiger partial charge in [-0.25, -0.2) is 22.2 Å². The Morgan fingerprint density at radius 2 is 1.85 bits per heavy atom. The minimum atomic E-state index is -4.63. The maximum Gasteiger partial charge on any atom is 0.266 e. The van der Waals surface area contributed by atoms with Crippen molar-refractivity contribution in [1.29, 1.82) is 0 Å². The van der Waals surface area contributed by atoms with E-state index in [9.17, 15) is 22.0 Å². The molecule has 142 valence electrons. The number of amides is 1. The molecule has 7 nitrogen and oxygen atoms in total. The van der Waals surface area contributed by atoms with Crippen molar-refractivity contribution in [1.82, 2.24) is 19.8 Å². The number of aryl methyl sites for hydroxylation is 2. The molecule has 0 saturated heterocycles. The van der Waals surface area contributed by atoms with Crippen LogP contribution < -0.4 is 10.3 Å². The first-order valence-corrected chi connectivity index (χ1v) is 9.46. The maximum atomic E-state index is 13.7. The Kier molecular flexibility index (Phi) is 4.94. The Morgan fingerprint density at radius 1 is 1.19 bits per heavy atom. The molecule has 0 aliphatic heterocycles. The van der Waals surface area contributed by atoms with E-state index < -0.39 is 32.5 Å². The van der Waals surface area contributed by atoms with Gasteiger partial charge in [-0.05, 0) is 44.2 Å². The highest BCUT2D eigenvalue weighted by atomic mass is 32.2. The average Bonchev–Trinajstić information content (AvgIpc) is 2.93. The maximum absolute atomic E-state index is 13.7. The van der Waals surface area contributed by atoms with Crippen LogP contribution in [0.1, 0.15) is 23.1 Å². The van der Waals surface area contributed by atoms with Crippen LogP contribution in [0, 0.1) is 18.6 Å². The molecule has 1 heterocycles. The predicted octanol–water partition coefficient (Wildman–Crippen LogP) is 2.27. The lowest BCUT2D eigenvalue weighted by atomic mass is 10.2. The van der Waals surface area contributed by atoms with Crippen molar-refractivity contribution >= 4 is 27.0 Å². The number of hydrogen-bond donors (Lipinski definition) is 2. The molecule has 0 saturated carbocycles. The van der Waals surface area contributed by atoms with Crippen LogP contribution in [0.3, 0.4) is 0 Å². The van der Waals surface area contributed by atoms with Gasteiger partial charge in [-0.2, -0.15) is 0 Å². The molecule has 0 radical (unpaired) electrons. The fourth-order valence-electron chi connectivity index (χ4n) is 2.77. The van der Waals surface area contributed by atoms with Crippen LogP contribution in [0.4, 0.5) is 8.78 Å². The third kappa shape index (κ3) is 3.53. The number of hydrogen-bond acceptors (Lipinski definition) is 4. The number of imidazole rings is 1. The highest BCUT2D eigenvalue weighted by Gasteiger charge is 2.24. The van der Waals surface area contributed by atoms with E-state index >= 15 is 0 Å². The molecule has 0 aliphatic rings. The number of benzene rings is 2. The summed E-state index contributed by atoms with van der Waals surface area (Å²) in [4.78, 5) is 17.1. The number of nitrogens with one attached hydrogen (secondary N) is 2. The van der Waals surface area contributed by atoms with Gasteiger partial charge < -0.3 is 4.57 Å². The Morgan fingerprint density at radius 3 is 2.48 bits per heavy atom. The first-order chi connectivity index (χ1) is 12.7. The molecule has 2 aromatic carbocycles. The van der Waals surface area contributed by atoms with Crippen LogP contribution in [0.15, 0.2) is 41.3 Å². The Balaban J connectivity index is 1.82. The van der Waals surface area contributed by atoms with Gasteiger partial charge >= 0.3 is 0 Å². The highest BCUT2D eigenvalue weighted by Crippen LogP contribution is 2.19. The van der Waals surface area contributed by atoms with Crippen LogP contribution in [0.2, 0.25) is 0 Å². The summed E-state index contributed by atoms with van der Waals surface area (Å²) in [6.07, 6.45) is 0.